The van der Waals surface area contributed by atoms with Gasteiger partial charge in [-0.1, -0.05) is 54.6 Å². The van der Waals surface area contributed by atoms with Gasteiger partial charge in [-0.25, -0.2) is 4.79 Å². The molecule has 0 heterocycles. The summed E-state index contributed by atoms with van der Waals surface area (Å²) in [5.74, 6) is -0.186. The largest absolute Gasteiger partial charge is 0.490 e. The lowest BCUT2D eigenvalue weighted by atomic mass is 10.00. The molecule has 0 unspecified atom stereocenters. The monoisotopic (exact) mass is 428 g/mol. The molecule has 4 rings (SSSR count). The van der Waals surface area contributed by atoms with Gasteiger partial charge in [-0.15, -0.1) is 0 Å². The topological polar surface area (TPSA) is 55.8 Å². The lowest BCUT2D eigenvalue weighted by Crippen LogP contribution is -2.26. The Hall–Kier alpha value is -3.37. The normalized spacial score (nSPS) is 13.4. The summed E-state index contributed by atoms with van der Waals surface area (Å²) < 4.78 is 11.2. The smallest absolute Gasteiger partial charge is 0.333 e. The number of allylic oxidation sites excluding steroid dienone is 1. The minimum absolute atomic E-state index is 0.338. The minimum atomic E-state index is -0.941. The van der Waals surface area contributed by atoms with Gasteiger partial charge in [0.2, 0.25) is 0 Å². The highest BCUT2D eigenvalue weighted by molar-refractivity contribution is 5.79. The number of aliphatic carboxylic acids is 1. The quantitative estimate of drug-likeness (QED) is 0.368. The van der Waals surface area contributed by atoms with E-state index in [9.17, 15) is 9.90 Å². The highest BCUT2D eigenvalue weighted by Crippen LogP contribution is 2.37. The zero-order valence-corrected chi connectivity index (χ0v) is 18.5. The van der Waals surface area contributed by atoms with Crippen molar-refractivity contribution < 1.29 is 19.4 Å². The molecule has 0 spiro atoms. The Labute approximate surface area is 189 Å². The summed E-state index contributed by atoms with van der Waals surface area (Å²) >= 11 is 0. The van der Waals surface area contributed by atoms with Crippen molar-refractivity contribution in [2.45, 2.75) is 32.8 Å². The molecule has 0 fully saturated rings. The zero-order valence-electron chi connectivity index (χ0n) is 18.5. The van der Waals surface area contributed by atoms with Gasteiger partial charge in [0.1, 0.15) is 12.4 Å². The molecule has 0 bridgehead atoms. The molecule has 1 aliphatic carbocycles. The van der Waals surface area contributed by atoms with Gasteiger partial charge in [0.25, 0.3) is 0 Å². The molecule has 0 saturated carbocycles. The Morgan fingerprint density at radius 1 is 1.03 bits per heavy atom. The second kappa shape index (κ2) is 9.84. The summed E-state index contributed by atoms with van der Waals surface area (Å²) in [6.45, 7) is 4.75. The van der Waals surface area contributed by atoms with Crippen molar-refractivity contribution >= 4 is 11.5 Å². The second-order valence-corrected chi connectivity index (χ2v) is 8.03. The van der Waals surface area contributed by atoms with E-state index in [1.165, 1.54) is 33.4 Å². The summed E-state index contributed by atoms with van der Waals surface area (Å²) in [7, 11) is 0. The van der Waals surface area contributed by atoms with Gasteiger partial charge in [0, 0.05) is 13.0 Å². The molecule has 4 heteroatoms. The number of hydrogen-bond donors (Lipinski definition) is 1. The number of carbonyl (C=O) groups is 1. The minimum Gasteiger partial charge on any atom is -0.490 e. The zero-order chi connectivity index (χ0) is 22.5. The fraction of sp³-hybridized carbons (Fsp3) is 0.250. The third-order valence-electron chi connectivity index (χ3n) is 5.88. The molecule has 0 aromatic heterocycles. The molecular formula is C28H28O4. The van der Waals surface area contributed by atoms with Crippen LogP contribution in [0.3, 0.4) is 0 Å². The Morgan fingerprint density at radius 3 is 2.53 bits per heavy atom. The van der Waals surface area contributed by atoms with Gasteiger partial charge in [0.05, 0.1) is 0 Å². The molecule has 1 aliphatic rings. The molecule has 1 atom stereocenters. The number of ether oxygens (including phenoxy) is 2. The van der Waals surface area contributed by atoms with Crippen molar-refractivity contribution in [2.24, 2.45) is 0 Å². The van der Waals surface area contributed by atoms with Gasteiger partial charge < -0.3 is 14.6 Å². The first-order valence-corrected chi connectivity index (χ1v) is 11.0. The van der Waals surface area contributed by atoms with Crippen molar-refractivity contribution in [3.8, 4) is 16.9 Å². The van der Waals surface area contributed by atoms with E-state index < -0.39 is 12.1 Å². The van der Waals surface area contributed by atoms with E-state index in [0.29, 0.717) is 19.6 Å². The Balaban J connectivity index is 1.35. The number of benzene rings is 3. The van der Waals surface area contributed by atoms with Gasteiger partial charge >= 0.3 is 5.97 Å². The van der Waals surface area contributed by atoms with E-state index in [1.54, 1.807) is 6.92 Å². The van der Waals surface area contributed by atoms with Crippen LogP contribution in [0.5, 0.6) is 5.75 Å². The lowest BCUT2D eigenvalue weighted by molar-refractivity contribution is -0.149. The summed E-state index contributed by atoms with van der Waals surface area (Å²) in [5.41, 5.74) is 8.75. The van der Waals surface area contributed by atoms with Crippen LogP contribution < -0.4 is 4.74 Å². The van der Waals surface area contributed by atoms with E-state index in [1.807, 2.05) is 24.3 Å². The SMILES string of the molecule is CCO[C@@H](Cc1ccc(OC/C=C(/C)c2ccc3c(c2)Cc2ccccc2-3)cc1)C(=O)O. The van der Waals surface area contributed by atoms with Crippen LogP contribution in [0.2, 0.25) is 0 Å². The standard InChI is InChI=1S/C28H28O4/c1-3-31-27(28(29)30)16-20-8-11-24(12-9-20)32-15-14-19(2)21-10-13-26-23(17-21)18-22-6-4-5-7-25(22)26/h4-14,17,27H,3,15-16,18H2,1-2H3,(H,29,30)/b19-14-/t27-/m0/s1. The molecule has 0 aliphatic heterocycles. The average Bonchev–Trinajstić information content (AvgIpc) is 3.17. The van der Waals surface area contributed by atoms with Crippen LogP contribution in [0.25, 0.3) is 16.7 Å². The van der Waals surface area contributed by atoms with Gasteiger partial charge in [0.15, 0.2) is 6.10 Å². The average molecular weight is 429 g/mol. The predicted molar refractivity (Wildman–Crippen MR) is 127 cm³/mol. The Morgan fingerprint density at radius 2 is 1.78 bits per heavy atom. The first kappa shape index (κ1) is 21.8. The van der Waals surface area contributed by atoms with E-state index in [0.717, 1.165) is 17.7 Å². The van der Waals surface area contributed by atoms with Crippen LogP contribution in [-0.4, -0.2) is 30.4 Å². The van der Waals surface area contributed by atoms with E-state index >= 15 is 0 Å². The molecule has 32 heavy (non-hydrogen) atoms. The summed E-state index contributed by atoms with van der Waals surface area (Å²) in [4.78, 5) is 11.2. The third kappa shape index (κ3) is 4.92. The molecule has 3 aromatic rings. The fourth-order valence-corrected chi connectivity index (χ4v) is 4.13. The Bertz CT molecular complexity index is 1130. The van der Waals surface area contributed by atoms with Gasteiger partial charge in [-0.05, 0) is 77.4 Å². The molecule has 1 N–H and O–H groups in total. The summed E-state index contributed by atoms with van der Waals surface area (Å²) in [6.07, 6.45) is 2.59. The molecule has 0 amide bonds. The van der Waals surface area contributed by atoms with Crippen LogP contribution in [0.4, 0.5) is 0 Å². The maximum atomic E-state index is 11.2. The number of rotatable bonds is 9. The van der Waals surface area contributed by atoms with Crippen LogP contribution in [0, 0.1) is 0 Å². The van der Waals surface area contributed by atoms with Crippen LogP contribution in [-0.2, 0) is 22.4 Å². The fourth-order valence-electron chi connectivity index (χ4n) is 4.13. The van der Waals surface area contributed by atoms with Crippen LogP contribution in [0.1, 0.15) is 36.1 Å². The number of hydrogen-bond acceptors (Lipinski definition) is 3. The molecule has 0 radical (unpaired) electrons. The lowest BCUT2D eigenvalue weighted by Gasteiger charge is -2.12. The summed E-state index contributed by atoms with van der Waals surface area (Å²) in [6, 6.07) is 22.8. The molecule has 4 nitrogen and oxygen atoms in total. The second-order valence-electron chi connectivity index (χ2n) is 8.03. The molecule has 3 aromatic carbocycles. The van der Waals surface area contributed by atoms with Crippen molar-refractivity contribution in [2.75, 3.05) is 13.2 Å². The highest BCUT2D eigenvalue weighted by Gasteiger charge is 2.19. The van der Waals surface area contributed by atoms with Crippen molar-refractivity contribution in [1.29, 1.82) is 0 Å². The van der Waals surface area contributed by atoms with E-state index in [-0.39, 0.29) is 0 Å². The van der Waals surface area contributed by atoms with E-state index in [4.69, 9.17) is 9.47 Å². The number of carboxylic acid groups (broad SMARTS) is 1. The molecular weight excluding hydrogens is 400 g/mol. The third-order valence-corrected chi connectivity index (χ3v) is 5.88. The van der Waals surface area contributed by atoms with E-state index in [2.05, 4.69) is 55.5 Å². The maximum Gasteiger partial charge on any atom is 0.333 e. The van der Waals surface area contributed by atoms with Crippen LogP contribution >= 0.6 is 0 Å². The van der Waals surface area contributed by atoms with Crippen molar-refractivity contribution in [3.05, 3.63) is 95.1 Å². The van der Waals surface area contributed by atoms with Crippen molar-refractivity contribution in [1.82, 2.24) is 0 Å². The van der Waals surface area contributed by atoms with Crippen molar-refractivity contribution in [3.63, 3.8) is 0 Å². The first-order valence-electron chi connectivity index (χ1n) is 11.0. The molecule has 0 saturated heterocycles. The van der Waals surface area contributed by atoms with Crippen LogP contribution in [0.15, 0.2) is 72.8 Å². The maximum absolute atomic E-state index is 11.2. The predicted octanol–water partition coefficient (Wildman–Crippen LogP) is 5.77. The van der Waals surface area contributed by atoms with Gasteiger partial charge in [-0.2, -0.15) is 0 Å². The Kier molecular flexibility index (Phi) is 6.72. The first-order chi connectivity index (χ1) is 15.5. The van der Waals surface area contributed by atoms with Gasteiger partial charge in [-0.3, -0.25) is 0 Å². The number of carboxylic acids is 1. The number of fused-ring (bicyclic) bond motifs is 3. The highest BCUT2D eigenvalue weighted by atomic mass is 16.5. The summed E-state index contributed by atoms with van der Waals surface area (Å²) in [5, 5.41) is 9.22. The molecule has 164 valence electrons.